The van der Waals surface area contributed by atoms with Crippen molar-refractivity contribution in [2.45, 2.75) is 63.6 Å². The van der Waals surface area contributed by atoms with Crippen molar-refractivity contribution in [1.82, 2.24) is 29.7 Å². The van der Waals surface area contributed by atoms with Crippen molar-refractivity contribution < 1.29 is 18.4 Å². The lowest BCUT2D eigenvalue weighted by Crippen LogP contribution is -2.57. The number of aromatic nitrogens is 3. The molecule has 254 valence electrons. The standard InChI is InChI=1S/C38H40F2N6O3/c39-28-11-12-31(40)30(20-28)34-21-29(43-36(48)32-10-4-7-17-41-32)14-19-46(34)37(49)44-18-13-27(38(24-44)15-5-6-16-38)23-45-25-42-33(22-35(45)47)26-8-2-1-3-9-26/h1-4,7-12,17,20,22,25,27,29,34H,5-6,13-16,18-19,21,23-24H2,(H,43,48)/t27-,29+,34-/m0/s1. The zero-order valence-corrected chi connectivity index (χ0v) is 27.3. The Morgan fingerprint density at radius 3 is 2.47 bits per heavy atom. The second kappa shape index (κ2) is 13.9. The molecular formula is C38H40F2N6O3. The molecule has 0 bridgehead atoms. The third-order valence-electron chi connectivity index (χ3n) is 10.8. The van der Waals surface area contributed by atoms with Gasteiger partial charge in [-0.1, -0.05) is 49.2 Å². The Bertz CT molecular complexity index is 1860. The van der Waals surface area contributed by atoms with Crippen molar-refractivity contribution in [2.75, 3.05) is 19.6 Å². The van der Waals surface area contributed by atoms with E-state index in [1.807, 2.05) is 35.2 Å². The maximum Gasteiger partial charge on any atom is 0.320 e. The van der Waals surface area contributed by atoms with Gasteiger partial charge in [-0.25, -0.2) is 18.6 Å². The number of halogens is 2. The summed E-state index contributed by atoms with van der Waals surface area (Å²) in [6.07, 6.45) is 8.61. The molecule has 4 heterocycles. The van der Waals surface area contributed by atoms with E-state index >= 15 is 4.39 Å². The van der Waals surface area contributed by atoms with E-state index in [2.05, 4.69) is 15.3 Å². The van der Waals surface area contributed by atoms with Gasteiger partial charge in [0, 0.05) is 55.6 Å². The van der Waals surface area contributed by atoms with E-state index < -0.39 is 17.7 Å². The molecule has 2 aromatic carbocycles. The normalized spacial score (nSPS) is 21.9. The maximum atomic E-state index is 15.3. The highest BCUT2D eigenvalue weighted by Crippen LogP contribution is 2.49. The van der Waals surface area contributed by atoms with Crippen molar-refractivity contribution in [3.05, 3.63) is 119 Å². The van der Waals surface area contributed by atoms with Crippen molar-refractivity contribution in [2.24, 2.45) is 11.3 Å². The van der Waals surface area contributed by atoms with Crippen LogP contribution in [0.2, 0.25) is 0 Å². The summed E-state index contributed by atoms with van der Waals surface area (Å²) >= 11 is 0. The summed E-state index contributed by atoms with van der Waals surface area (Å²) in [5, 5.41) is 2.99. The van der Waals surface area contributed by atoms with E-state index in [1.54, 1.807) is 40.1 Å². The minimum Gasteiger partial charge on any atom is -0.348 e. The summed E-state index contributed by atoms with van der Waals surface area (Å²) in [7, 11) is 0. The third kappa shape index (κ3) is 6.84. The zero-order valence-electron chi connectivity index (χ0n) is 27.3. The number of pyridine rings is 1. The predicted octanol–water partition coefficient (Wildman–Crippen LogP) is 6.22. The first-order chi connectivity index (χ1) is 23.8. The molecule has 9 nitrogen and oxygen atoms in total. The van der Waals surface area contributed by atoms with E-state index in [-0.39, 0.29) is 59.1 Å². The van der Waals surface area contributed by atoms with Crippen LogP contribution >= 0.6 is 0 Å². The van der Waals surface area contributed by atoms with Crippen LogP contribution < -0.4 is 10.9 Å². The van der Waals surface area contributed by atoms with Crippen LogP contribution in [-0.4, -0.2) is 61.9 Å². The fourth-order valence-electron chi connectivity index (χ4n) is 8.20. The molecule has 0 unspecified atom stereocenters. The molecule has 0 radical (unpaired) electrons. The first-order valence-corrected chi connectivity index (χ1v) is 17.1. The number of amides is 3. The van der Waals surface area contributed by atoms with Crippen LogP contribution in [0.4, 0.5) is 13.6 Å². The van der Waals surface area contributed by atoms with E-state index in [9.17, 15) is 18.8 Å². The molecule has 2 saturated heterocycles. The van der Waals surface area contributed by atoms with Gasteiger partial charge in [0.1, 0.15) is 17.3 Å². The molecule has 1 saturated carbocycles. The summed E-state index contributed by atoms with van der Waals surface area (Å²) in [5.74, 6) is -1.34. The molecule has 2 aromatic heterocycles. The lowest BCUT2D eigenvalue weighted by molar-refractivity contribution is 0.0204. The lowest BCUT2D eigenvalue weighted by Gasteiger charge is -2.49. The topological polar surface area (TPSA) is 100 Å². The Morgan fingerprint density at radius 1 is 0.918 bits per heavy atom. The van der Waals surface area contributed by atoms with Gasteiger partial charge in [0.05, 0.1) is 18.1 Å². The second-order valence-electron chi connectivity index (χ2n) is 13.7. The SMILES string of the molecule is O=C(N[C@@H]1CCN(C(=O)N2CC[C@@H](Cn3cnc(-c4ccccc4)cc3=O)C3(CCCC3)C2)[C@H](c2cc(F)ccc2F)C1)c1ccccn1. The maximum absolute atomic E-state index is 15.3. The molecule has 11 heteroatoms. The molecule has 1 aliphatic carbocycles. The Balaban J connectivity index is 1.09. The number of piperidine rings is 2. The summed E-state index contributed by atoms with van der Waals surface area (Å²) < 4.78 is 31.5. The Labute approximate surface area is 284 Å². The average molecular weight is 667 g/mol. The Kier molecular flexibility index (Phi) is 9.25. The molecule has 3 atom stereocenters. The minimum atomic E-state index is -0.768. The average Bonchev–Trinajstić information content (AvgIpc) is 3.60. The Hall–Kier alpha value is -4.93. The first-order valence-electron chi connectivity index (χ1n) is 17.1. The lowest BCUT2D eigenvalue weighted by atomic mass is 9.69. The summed E-state index contributed by atoms with van der Waals surface area (Å²) in [6, 6.07) is 18.3. The molecule has 3 aliphatic rings. The second-order valence-corrected chi connectivity index (χ2v) is 13.7. The van der Waals surface area contributed by atoms with Crippen molar-refractivity contribution in [1.29, 1.82) is 0 Å². The smallest absolute Gasteiger partial charge is 0.320 e. The number of carbonyl (C=O) groups excluding carboxylic acids is 2. The number of benzene rings is 2. The summed E-state index contributed by atoms with van der Waals surface area (Å²) in [4.78, 5) is 52.8. The number of likely N-dealkylation sites (tertiary alicyclic amines) is 2. The van der Waals surface area contributed by atoms with Crippen LogP contribution in [0.15, 0.2) is 90.1 Å². The molecule has 4 aromatic rings. The van der Waals surface area contributed by atoms with E-state index in [4.69, 9.17) is 0 Å². The number of carbonyl (C=O) groups is 2. The zero-order chi connectivity index (χ0) is 34.0. The number of nitrogens with one attached hydrogen (secondary N) is 1. The number of nitrogens with zero attached hydrogens (tertiary/aromatic N) is 5. The van der Waals surface area contributed by atoms with E-state index in [0.717, 1.165) is 49.4 Å². The van der Waals surface area contributed by atoms with Crippen LogP contribution in [-0.2, 0) is 6.54 Å². The van der Waals surface area contributed by atoms with Crippen LogP contribution in [0.1, 0.15) is 67.0 Å². The van der Waals surface area contributed by atoms with Crippen molar-refractivity contribution >= 4 is 11.9 Å². The van der Waals surface area contributed by atoms with Crippen LogP contribution in [0, 0.1) is 23.0 Å². The van der Waals surface area contributed by atoms with Gasteiger partial charge in [-0.15, -0.1) is 0 Å². The van der Waals surface area contributed by atoms with Crippen molar-refractivity contribution in [3.8, 4) is 11.3 Å². The van der Waals surface area contributed by atoms with Crippen LogP contribution in [0.5, 0.6) is 0 Å². The van der Waals surface area contributed by atoms with Gasteiger partial charge < -0.3 is 15.1 Å². The molecule has 3 amide bonds. The fourth-order valence-corrected chi connectivity index (χ4v) is 8.20. The van der Waals surface area contributed by atoms with Crippen molar-refractivity contribution in [3.63, 3.8) is 0 Å². The van der Waals surface area contributed by atoms with Gasteiger partial charge in [0.2, 0.25) is 0 Å². The highest BCUT2D eigenvalue weighted by atomic mass is 19.1. The molecule has 1 spiro atoms. The molecular weight excluding hydrogens is 626 g/mol. The number of urea groups is 1. The molecule has 49 heavy (non-hydrogen) atoms. The highest BCUT2D eigenvalue weighted by molar-refractivity contribution is 5.92. The number of rotatable bonds is 6. The van der Waals surface area contributed by atoms with Gasteiger partial charge in [0.15, 0.2) is 0 Å². The summed E-state index contributed by atoms with van der Waals surface area (Å²) in [5.41, 5.74) is 1.65. The molecule has 7 rings (SSSR count). The van der Waals surface area contributed by atoms with E-state index in [0.29, 0.717) is 38.2 Å². The highest BCUT2D eigenvalue weighted by Gasteiger charge is 2.48. The minimum absolute atomic E-state index is 0.0985. The third-order valence-corrected chi connectivity index (χ3v) is 10.8. The summed E-state index contributed by atoms with van der Waals surface area (Å²) in [6.45, 7) is 1.83. The number of hydrogen-bond acceptors (Lipinski definition) is 5. The molecule has 1 N–H and O–H groups in total. The van der Waals surface area contributed by atoms with Crippen LogP contribution in [0.25, 0.3) is 11.3 Å². The predicted molar refractivity (Wildman–Crippen MR) is 180 cm³/mol. The van der Waals surface area contributed by atoms with Gasteiger partial charge >= 0.3 is 6.03 Å². The van der Waals surface area contributed by atoms with Gasteiger partial charge in [-0.2, -0.15) is 0 Å². The first kappa shape index (κ1) is 32.6. The van der Waals surface area contributed by atoms with E-state index in [1.165, 1.54) is 6.20 Å². The fraction of sp³-hybridized carbons (Fsp3) is 0.395. The molecule has 2 aliphatic heterocycles. The molecule has 3 fully saturated rings. The monoisotopic (exact) mass is 666 g/mol. The van der Waals surface area contributed by atoms with Crippen LogP contribution in [0.3, 0.4) is 0 Å². The largest absolute Gasteiger partial charge is 0.348 e. The van der Waals surface area contributed by atoms with Gasteiger partial charge in [-0.05, 0) is 73.8 Å². The Morgan fingerprint density at radius 2 is 1.71 bits per heavy atom. The van der Waals surface area contributed by atoms with Gasteiger partial charge in [-0.3, -0.25) is 19.1 Å². The van der Waals surface area contributed by atoms with Gasteiger partial charge in [0.25, 0.3) is 11.5 Å². The quantitative estimate of drug-likeness (QED) is 0.264. The number of hydrogen-bond donors (Lipinski definition) is 1.